The number of hydrogen-bond acceptors (Lipinski definition) is 5. The summed E-state index contributed by atoms with van der Waals surface area (Å²) in [6, 6.07) is 6.84. The fourth-order valence-electron chi connectivity index (χ4n) is 5.03. The van der Waals surface area contributed by atoms with Crippen molar-refractivity contribution in [2.75, 3.05) is 31.0 Å². The van der Waals surface area contributed by atoms with Crippen molar-refractivity contribution in [3.63, 3.8) is 0 Å². The number of nitrogens with one attached hydrogen (secondary N) is 1. The van der Waals surface area contributed by atoms with E-state index in [2.05, 4.69) is 16.5 Å². The Hall–Kier alpha value is -2.65. The van der Waals surface area contributed by atoms with Crippen LogP contribution in [0.4, 0.5) is 10.1 Å². The molecule has 2 atom stereocenters. The molecule has 3 aliphatic rings. The van der Waals surface area contributed by atoms with Crippen LogP contribution in [0.25, 0.3) is 0 Å². The molecular weight excluding hydrogens is 447 g/mol. The summed E-state index contributed by atoms with van der Waals surface area (Å²) in [6.07, 6.45) is 2.14. The summed E-state index contributed by atoms with van der Waals surface area (Å²) in [5.74, 6) is -0.376. The number of sulfonamides is 1. The molecule has 0 amide bonds. The van der Waals surface area contributed by atoms with E-state index in [9.17, 15) is 22.7 Å². The normalized spacial score (nSPS) is 22.0. The van der Waals surface area contributed by atoms with Crippen LogP contribution in [0.2, 0.25) is 0 Å². The van der Waals surface area contributed by atoms with Crippen molar-refractivity contribution < 1.29 is 27.4 Å². The van der Waals surface area contributed by atoms with Crippen LogP contribution in [-0.2, 0) is 16.4 Å². The Morgan fingerprint density at radius 3 is 2.79 bits per heavy atom. The zero-order valence-electron chi connectivity index (χ0n) is 18.4. The van der Waals surface area contributed by atoms with Gasteiger partial charge in [0.25, 0.3) is 10.0 Å². The van der Waals surface area contributed by atoms with Crippen LogP contribution >= 0.6 is 0 Å². The molecule has 1 saturated carbocycles. The van der Waals surface area contributed by atoms with Crippen molar-refractivity contribution >= 4 is 21.7 Å². The van der Waals surface area contributed by atoms with Crippen LogP contribution in [0.15, 0.2) is 35.2 Å². The van der Waals surface area contributed by atoms with E-state index < -0.39 is 21.8 Å². The van der Waals surface area contributed by atoms with Crippen molar-refractivity contribution in [3.8, 4) is 5.75 Å². The molecule has 9 heteroatoms. The smallest absolute Gasteiger partial charge is 0.341 e. The summed E-state index contributed by atoms with van der Waals surface area (Å²) in [5, 5.41) is 9.83. The molecule has 2 aliphatic heterocycles. The molecule has 0 aromatic heterocycles. The molecular formula is C24H27FN2O5S. The lowest BCUT2D eigenvalue weighted by Crippen LogP contribution is -2.46. The third-order valence-electron chi connectivity index (χ3n) is 7.02. The van der Waals surface area contributed by atoms with Gasteiger partial charge >= 0.3 is 5.97 Å². The highest BCUT2D eigenvalue weighted by Gasteiger charge is 2.45. The van der Waals surface area contributed by atoms with E-state index in [0.717, 1.165) is 44.1 Å². The van der Waals surface area contributed by atoms with Gasteiger partial charge in [-0.2, -0.15) is 0 Å². The first-order valence-corrected chi connectivity index (χ1v) is 12.8. The van der Waals surface area contributed by atoms with E-state index in [1.165, 1.54) is 18.2 Å². The van der Waals surface area contributed by atoms with Gasteiger partial charge in [0, 0.05) is 19.0 Å². The van der Waals surface area contributed by atoms with E-state index in [4.69, 9.17) is 4.74 Å². The van der Waals surface area contributed by atoms with E-state index in [-0.39, 0.29) is 27.8 Å². The molecule has 176 valence electrons. The minimum Gasteiger partial charge on any atom is -0.492 e. The minimum absolute atomic E-state index is 0.0344. The third-order valence-corrected chi connectivity index (χ3v) is 8.49. The number of halogens is 1. The summed E-state index contributed by atoms with van der Waals surface area (Å²) in [5.41, 5.74) is 0.979. The molecule has 0 unspecified atom stereocenters. The molecule has 33 heavy (non-hydrogen) atoms. The van der Waals surface area contributed by atoms with Crippen molar-refractivity contribution in [1.82, 2.24) is 4.90 Å². The number of likely N-dealkylation sites (tertiary alicyclic amines) is 1. The van der Waals surface area contributed by atoms with Crippen LogP contribution < -0.4 is 9.46 Å². The number of fused-ring (bicyclic) bond motifs is 3. The van der Waals surface area contributed by atoms with Gasteiger partial charge in [-0.15, -0.1) is 0 Å². The second-order valence-electron chi connectivity index (χ2n) is 9.24. The molecule has 2 fully saturated rings. The van der Waals surface area contributed by atoms with Crippen LogP contribution in [-0.4, -0.2) is 50.6 Å². The average molecular weight is 475 g/mol. The molecule has 2 heterocycles. The van der Waals surface area contributed by atoms with Gasteiger partial charge in [-0.05, 0) is 73.0 Å². The summed E-state index contributed by atoms with van der Waals surface area (Å²) in [6.45, 7) is 5.44. The number of anilines is 1. The lowest BCUT2D eigenvalue weighted by molar-refractivity contribution is 0.0692. The van der Waals surface area contributed by atoms with Gasteiger partial charge < -0.3 is 14.7 Å². The Kier molecular flexibility index (Phi) is 5.56. The fourth-order valence-corrected chi connectivity index (χ4v) is 6.35. The van der Waals surface area contributed by atoms with Gasteiger partial charge in [-0.1, -0.05) is 13.0 Å². The number of ether oxygens (including phenoxy) is 1. The molecule has 0 radical (unpaired) electrons. The summed E-state index contributed by atoms with van der Waals surface area (Å²) in [4.78, 5) is 14.3. The molecule has 2 N–H and O–H groups in total. The molecule has 0 spiro atoms. The van der Waals surface area contributed by atoms with Crippen molar-refractivity contribution in [1.29, 1.82) is 0 Å². The van der Waals surface area contributed by atoms with Crippen molar-refractivity contribution in [3.05, 3.63) is 52.8 Å². The van der Waals surface area contributed by atoms with E-state index in [1.807, 2.05) is 0 Å². The van der Waals surface area contributed by atoms with Gasteiger partial charge in [0.15, 0.2) is 0 Å². The monoisotopic (exact) mass is 474 g/mol. The molecule has 7 nitrogen and oxygen atoms in total. The first kappa shape index (κ1) is 22.2. The summed E-state index contributed by atoms with van der Waals surface area (Å²) < 4.78 is 48.7. The number of nitrogens with zero attached hydrogens (tertiary/aromatic N) is 1. The lowest BCUT2D eigenvalue weighted by Gasteiger charge is -2.38. The maximum Gasteiger partial charge on any atom is 0.341 e. The van der Waals surface area contributed by atoms with Gasteiger partial charge in [0.2, 0.25) is 0 Å². The number of carboxylic acid groups (broad SMARTS) is 1. The molecule has 1 aliphatic carbocycles. The zero-order valence-corrected chi connectivity index (χ0v) is 19.2. The number of aromatic carboxylic acids is 1. The summed E-state index contributed by atoms with van der Waals surface area (Å²) in [7, 11) is -4.14. The number of benzene rings is 2. The first-order valence-electron chi connectivity index (χ1n) is 11.3. The average Bonchev–Trinajstić information content (AvgIpc) is 3.52. The Bertz CT molecular complexity index is 1210. The van der Waals surface area contributed by atoms with Gasteiger partial charge in [-0.25, -0.2) is 17.6 Å². The van der Waals surface area contributed by atoms with E-state index in [1.54, 1.807) is 6.07 Å². The van der Waals surface area contributed by atoms with Crippen LogP contribution in [0, 0.1) is 17.7 Å². The number of rotatable bonds is 8. The Morgan fingerprint density at radius 2 is 2.06 bits per heavy atom. The highest BCUT2D eigenvalue weighted by atomic mass is 32.2. The maximum absolute atomic E-state index is 14.0. The third kappa shape index (κ3) is 4.19. The first-order chi connectivity index (χ1) is 15.8. The SMILES string of the molecule is CCN1CC(CCc2cc(F)ccc2S(=O)(=O)Nc2ccc3c(c2C(=O)O)OC[C@H]2C[C@@H]32)C1. The quantitative estimate of drug-likeness (QED) is 0.606. The van der Waals surface area contributed by atoms with Gasteiger partial charge in [0.1, 0.15) is 17.1 Å². The minimum atomic E-state index is -4.14. The van der Waals surface area contributed by atoms with Crippen LogP contribution in [0.5, 0.6) is 5.75 Å². The second kappa shape index (κ2) is 8.29. The number of hydrogen-bond donors (Lipinski definition) is 2. The van der Waals surface area contributed by atoms with Crippen LogP contribution in [0.1, 0.15) is 47.2 Å². The van der Waals surface area contributed by atoms with Crippen molar-refractivity contribution in [2.24, 2.45) is 11.8 Å². The van der Waals surface area contributed by atoms with E-state index >= 15 is 0 Å². The lowest BCUT2D eigenvalue weighted by atomic mass is 9.92. The van der Waals surface area contributed by atoms with Gasteiger partial charge in [-0.3, -0.25) is 4.72 Å². The Labute approximate surface area is 192 Å². The van der Waals surface area contributed by atoms with Crippen LogP contribution in [0.3, 0.4) is 0 Å². The van der Waals surface area contributed by atoms with Gasteiger partial charge in [0.05, 0.1) is 17.2 Å². The highest BCUT2D eigenvalue weighted by molar-refractivity contribution is 7.92. The molecule has 1 saturated heterocycles. The number of carbonyl (C=O) groups is 1. The Balaban J connectivity index is 1.42. The predicted octanol–water partition coefficient (Wildman–Crippen LogP) is 3.70. The molecule has 2 aromatic carbocycles. The topological polar surface area (TPSA) is 95.9 Å². The maximum atomic E-state index is 14.0. The number of carboxylic acids is 1. The van der Waals surface area contributed by atoms with Crippen molar-refractivity contribution in [2.45, 2.75) is 37.0 Å². The summed E-state index contributed by atoms with van der Waals surface area (Å²) >= 11 is 0. The largest absolute Gasteiger partial charge is 0.492 e. The standard InChI is InChI=1S/C24H27FN2O5S/c1-2-27-11-14(12-27)3-4-15-9-17(25)5-8-21(15)33(30,31)26-20-7-6-18-19-10-16(19)13-32-23(18)22(20)24(28)29/h5-9,14,16,19,26H,2-4,10-13H2,1H3,(H,28,29)/t16-,19-/m1/s1. The zero-order chi connectivity index (χ0) is 23.3. The number of aryl methyl sites for hydroxylation is 1. The molecule has 2 aromatic rings. The molecule has 0 bridgehead atoms. The highest BCUT2D eigenvalue weighted by Crippen LogP contribution is 2.55. The molecule has 5 rings (SSSR count). The van der Waals surface area contributed by atoms with E-state index in [0.29, 0.717) is 30.4 Å². The fraction of sp³-hybridized carbons (Fsp3) is 0.458. The predicted molar refractivity (Wildman–Crippen MR) is 121 cm³/mol. The Morgan fingerprint density at radius 1 is 1.27 bits per heavy atom. The second-order valence-corrected chi connectivity index (χ2v) is 10.9.